The molecule has 102 valence electrons. The van der Waals surface area contributed by atoms with E-state index in [0.29, 0.717) is 11.3 Å². The molecule has 2 rings (SSSR count). The number of halogens is 1. The highest BCUT2D eigenvalue weighted by molar-refractivity contribution is 9.10. The first-order chi connectivity index (χ1) is 9.61. The highest BCUT2D eigenvalue weighted by atomic mass is 79.9. The van der Waals surface area contributed by atoms with Crippen molar-refractivity contribution < 1.29 is 14.6 Å². The molecule has 0 aromatic heterocycles. The van der Waals surface area contributed by atoms with E-state index < -0.39 is 0 Å². The summed E-state index contributed by atoms with van der Waals surface area (Å²) >= 11 is 3.34. The number of rotatable bonds is 4. The summed E-state index contributed by atoms with van der Waals surface area (Å²) in [6.07, 6.45) is 3.13. The number of phenols is 1. The van der Waals surface area contributed by atoms with Crippen LogP contribution in [0.3, 0.4) is 0 Å². The molecule has 0 fully saturated rings. The van der Waals surface area contributed by atoms with Gasteiger partial charge >= 0.3 is 0 Å². The highest BCUT2D eigenvalue weighted by Gasteiger charge is 2.06. The van der Waals surface area contributed by atoms with Crippen molar-refractivity contribution in [2.75, 3.05) is 7.11 Å². The Morgan fingerprint density at radius 2 is 2.00 bits per heavy atom. The first-order valence-corrected chi connectivity index (χ1v) is 6.75. The molecule has 0 bridgehead atoms. The minimum atomic E-state index is -0.104. The monoisotopic (exact) mass is 332 g/mol. The second-order valence-electron chi connectivity index (χ2n) is 4.11. The van der Waals surface area contributed by atoms with Crippen LogP contribution < -0.4 is 4.74 Å². The normalized spacial score (nSPS) is 10.7. The molecule has 0 aliphatic carbocycles. The van der Waals surface area contributed by atoms with E-state index in [9.17, 15) is 9.90 Å². The molecule has 0 radical (unpaired) electrons. The molecule has 0 saturated heterocycles. The molecule has 1 N–H and O–H groups in total. The molecule has 0 heterocycles. The number of ether oxygens (including phenoxy) is 1. The molecule has 3 nitrogen and oxygen atoms in total. The fraction of sp³-hybridized carbons (Fsp3) is 0.0625. The number of methoxy groups -OCH3 is 1. The fourth-order valence-electron chi connectivity index (χ4n) is 1.73. The van der Waals surface area contributed by atoms with E-state index in [1.165, 1.54) is 13.2 Å². The molecule has 0 unspecified atom stereocenters. The molecule has 0 spiro atoms. The second kappa shape index (κ2) is 6.39. The summed E-state index contributed by atoms with van der Waals surface area (Å²) in [6, 6.07) is 12.2. The molecule has 0 aliphatic rings. The van der Waals surface area contributed by atoms with Crippen molar-refractivity contribution in [3.8, 4) is 11.5 Å². The third-order valence-corrected chi connectivity index (χ3v) is 3.46. The minimum Gasteiger partial charge on any atom is -0.504 e. The molecule has 0 saturated carbocycles. The first-order valence-electron chi connectivity index (χ1n) is 5.96. The van der Waals surface area contributed by atoms with Gasteiger partial charge in [-0.05, 0) is 35.9 Å². The standard InChI is InChI=1S/C16H13BrO3/c1-20-16-9-7-11(10-15(16)19)6-8-14(18)12-4-2-3-5-13(12)17/h2-10,19H,1H3/b8-6+. The van der Waals surface area contributed by atoms with Crippen molar-refractivity contribution in [1.29, 1.82) is 0 Å². The van der Waals surface area contributed by atoms with Crippen molar-refractivity contribution in [3.05, 3.63) is 64.1 Å². The lowest BCUT2D eigenvalue weighted by Gasteiger charge is -2.03. The smallest absolute Gasteiger partial charge is 0.186 e. The van der Waals surface area contributed by atoms with Crippen LogP contribution in [0, 0.1) is 0 Å². The molecule has 2 aromatic rings. The zero-order chi connectivity index (χ0) is 14.5. The Morgan fingerprint density at radius 3 is 2.65 bits per heavy atom. The van der Waals surface area contributed by atoms with Crippen LogP contribution in [-0.4, -0.2) is 18.0 Å². The van der Waals surface area contributed by atoms with Crippen LogP contribution in [0.2, 0.25) is 0 Å². The lowest BCUT2D eigenvalue weighted by atomic mass is 10.1. The summed E-state index contributed by atoms with van der Waals surface area (Å²) in [6.45, 7) is 0. The molecule has 4 heteroatoms. The Kier molecular flexibility index (Phi) is 4.58. The van der Waals surface area contributed by atoms with E-state index in [2.05, 4.69) is 15.9 Å². The number of phenolic OH excluding ortho intramolecular Hbond substituents is 1. The van der Waals surface area contributed by atoms with Gasteiger partial charge in [0.1, 0.15) is 0 Å². The van der Waals surface area contributed by atoms with Gasteiger partial charge in [-0.2, -0.15) is 0 Å². The largest absolute Gasteiger partial charge is 0.504 e. The molecule has 20 heavy (non-hydrogen) atoms. The molecule has 0 aliphatic heterocycles. The number of allylic oxidation sites excluding steroid dienone is 1. The van der Waals surface area contributed by atoms with Crippen LogP contribution in [0.4, 0.5) is 0 Å². The Hall–Kier alpha value is -2.07. The van der Waals surface area contributed by atoms with Gasteiger partial charge in [0.15, 0.2) is 17.3 Å². The SMILES string of the molecule is COc1ccc(/C=C/C(=O)c2ccccc2Br)cc1O. The third-order valence-electron chi connectivity index (χ3n) is 2.77. The van der Waals surface area contributed by atoms with Crippen molar-refractivity contribution in [2.45, 2.75) is 0 Å². The third kappa shape index (κ3) is 3.27. The second-order valence-corrected chi connectivity index (χ2v) is 4.96. The minimum absolute atomic E-state index is 0.0444. The van der Waals surface area contributed by atoms with Gasteiger partial charge in [0.25, 0.3) is 0 Å². The Bertz CT molecular complexity index is 663. The van der Waals surface area contributed by atoms with Crippen LogP contribution in [0.5, 0.6) is 11.5 Å². The topological polar surface area (TPSA) is 46.5 Å². The summed E-state index contributed by atoms with van der Waals surface area (Å²) in [5.74, 6) is 0.343. The lowest BCUT2D eigenvalue weighted by Crippen LogP contribution is -1.94. The van der Waals surface area contributed by atoms with E-state index in [1.54, 1.807) is 30.3 Å². The van der Waals surface area contributed by atoms with Gasteiger partial charge in [0.05, 0.1) is 7.11 Å². The average molecular weight is 333 g/mol. The van der Waals surface area contributed by atoms with Crippen molar-refractivity contribution in [3.63, 3.8) is 0 Å². The van der Waals surface area contributed by atoms with E-state index in [4.69, 9.17) is 4.74 Å². The maximum atomic E-state index is 12.0. The summed E-state index contributed by atoms with van der Waals surface area (Å²) in [5.41, 5.74) is 1.32. The summed E-state index contributed by atoms with van der Waals surface area (Å²) in [4.78, 5) is 12.0. The number of ketones is 1. The van der Waals surface area contributed by atoms with Gasteiger partial charge in [0.2, 0.25) is 0 Å². The zero-order valence-corrected chi connectivity index (χ0v) is 12.4. The summed E-state index contributed by atoms with van der Waals surface area (Å²) in [5, 5.41) is 9.67. The van der Waals surface area contributed by atoms with Gasteiger partial charge in [-0.1, -0.05) is 40.2 Å². The van der Waals surface area contributed by atoms with Crippen LogP contribution >= 0.6 is 15.9 Å². The first kappa shape index (κ1) is 14.3. The van der Waals surface area contributed by atoms with E-state index in [0.717, 1.165) is 10.0 Å². The van der Waals surface area contributed by atoms with Crippen LogP contribution in [0.1, 0.15) is 15.9 Å². The number of benzene rings is 2. The maximum Gasteiger partial charge on any atom is 0.186 e. The number of hydrogen-bond acceptors (Lipinski definition) is 3. The van der Waals surface area contributed by atoms with Gasteiger partial charge in [-0.25, -0.2) is 0 Å². The number of carbonyl (C=O) groups excluding carboxylic acids is 1. The number of aromatic hydroxyl groups is 1. The molecule has 2 aromatic carbocycles. The Labute approximate surface area is 125 Å². The van der Waals surface area contributed by atoms with Crippen molar-refractivity contribution in [1.82, 2.24) is 0 Å². The molecular weight excluding hydrogens is 320 g/mol. The van der Waals surface area contributed by atoms with Gasteiger partial charge in [-0.3, -0.25) is 4.79 Å². The number of hydrogen-bond donors (Lipinski definition) is 1. The zero-order valence-electron chi connectivity index (χ0n) is 10.8. The average Bonchev–Trinajstić information content (AvgIpc) is 2.45. The van der Waals surface area contributed by atoms with Crippen LogP contribution in [-0.2, 0) is 0 Å². The van der Waals surface area contributed by atoms with Crippen molar-refractivity contribution in [2.24, 2.45) is 0 Å². The van der Waals surface area contributed by atoms with Crippen LogP contribution in [0.15, 0.2) is 53.0 Å². The quantitative estimate of drug-likeness (QED) is 0.678. The molecular formula is C16H13BrO3. The van der Waals surface area contributed by atoms with E-state index in [-0.39, 0.29) is 11.5 Å². The van der Waals surface area contributed by atoms with Crippen molar-refractivity contribution >= 4 is 27.8 Å². The molecule has 0 amide bonds. The number of carbonyl (C=O) groups is 1. The molecule has 0 atom stereocenters. The predicted molar refractivity (Wildman–Crippen MR) is 82.2 cm³/mol. The fourth-order valence-corrected chi connectivity index (χ4v) is 2.21. The lowest BCUT2D eigenvalue weighted by molar-refractivity contribution is 0.104. The van der Waals surface area contributed by atoms with Gasteiger partial charge in [0, 0.05) is 10.0 Å². The summed E-state index contributed by atoms with van der Waals surface area (Å²) < 4.78 is 5.72. The van der Waals surface area contributed by atoms with Gasteiger partial charge < -0.3 is 9.84 Å². The summed E-state index contributed by atoms with van der Waals surface area (Å²) in [7, 11) is 1.49. The Balaban J connectivity index is 2.19. The van der Waals surface area contributed by atoms with E-state index >= 15 is 0 Å². The van der Waals surface area contributed by atoms with E-state index in [1.807, 2.05) is 18.2 Å². The van der Waals surface area contributed by atoms with Crippen LogP contribution in [0.25, 0.3) is 6.08 Å². The highest BCUT2D eigenvalue weighted by Crippen LogP contribution is 2.26. The maximum absolute atomic E-state index is 12.0. The predicted octanol–water partition coefficient (Wildman–Crippen LogP) is 4.06. The van der Waals surface area contributed by atoms with Gasteiger partial charge in [-0.15, -0.1) is 0 Å². The Morgan fingerprint density at radius 1 is 1.25 bits per heavy atom.